The van der Waals surface area contributed by atoms with Gasteiger partial charge in [-0.15, -0.1) is 0 Å². The van der Waals surface area contributed by atoms with Gasteiger partial charge in [0, 0.05) is 17.7 Å². The van der Waals surface area contributed by atoms with Crippen LogP contribution in [0, 0.1) is 5.82 Å². The Hall–Kier alpha value is -2.27. The van der Waals surface area contributed by atoms with Gasteiger partial charge in [-0.2, -0.15) is 0 Å². The number of methoxy groups -OCH3 is 2. The summed E-state index contributed by atoms with van der Waals surface area (Å²) >= 11 is 5.69. The number of halogens is 2. The third-order valence-electron chi connectivity index (χ3n) is 3.18. The maximum absolute atomic E-state index is 13.5. The molecule has 0 saturated heterocycles. The Labute approximate surface area is 125 Å². The highest BCUT2D eigenvalue weighted by Gasteiger charge is 2.12. The van der Waals surface area contributed by atoms with Crippen molar-refractivity contribution < 1.29 is 13.9 Å². The first-order chi connectivity index (χ1) is 10.1. The molecule has 0 unspecified atom stereocenters. The molecule has 108 valence electrons. The van der Waals surface area contributed by atoms with E-state index in [2.05, 4.69) is 9.97 Å². The lowest BCUT2D eigenvalue weighted by Gasteiger charge is -2.06. The summed E-state index contributed by atoms with van der Waals surface area (Å²) in [5.74, 6) is 1.26. The number of imidazole rings is 1. The summed E-state index contributed by atoms with van der Waals surface area (Å²) in [5.41, 5.74) is 2.10. The fourth-order valence-electron chi connectivity index (χ4n) is 2.12. The number of ether oxygens (including phenoxy) is 2. The van der Waals surface area contributed by atoms with Crippen LogP contribution in [0.2, 0.25) is 5.02 Å². The number of aromatic amines is 1. The lowest BCUT2D eigenvalue weighted by Crippen LogP contribution is -1.89. The van der Waals surface area contributed by atoms with Crippen LogP contribution in [0.4, 0.5) is 4.39 Å². The lowest BCUT2D eigenvalue weighted by atomic mass is 10.2. The monoisotopic (exact) mass is 306 g/mol. The number of aromatic nitrogens is 2. The van der Waals surface area contributed by atoms with Gasteiger partial charge in [0.15, 0.2) is 11.5 Å². The quantitative estimate of drug-likeness (QED) is 0.794. The molecule has 1 N–H and O–H groups in total. The van der Waals surface area contributed by atoms with E-state index < -0.39 is 5.82 Å². The van der Waals surface area contributed by atoms with Crippen molar-refractivity contribution >= 4 is 22.6 Å². The number of H-pyrrole nitrogens is 1. The third kappa shape index (κ3) is 2.40. The zero-order valence-corrected chi connectivity index (χ0v) is 12.2. The van der Waals surface area contributed by atoms with Crippen LogP contribution in [0.1, 0.15) is 0 Å². The summed E-state index contributed by atoms with van der Waals surface area (Å²) in [6.45, 7) is 0. The number of nitrogens with one attached hydrogen (secondary N) is 1. The number of fused-ring (bicyclic) bond motifs is 1. The molecule has 4 nitrogen and oxygen atoms in total. The zero-order valence-electron chi connectivity index (χ0n) is 11.4. The van der Waals surface area contributed by atoms with Crippen LogP contribution in [-0.2, 0) is 0 Å². The maximum atomic E-state index is 13.5. The van der Waals surface area contributed by atoms with Crippen LogP contribution in [0.25, 0.3) is 22.4 Å². The van der Waals surface area contributed by atoms with Crippen molar-refractivity contribution in [1.82, 2.24) is 9.97 Å². The third-order valence-corrected chi connectivity index (χ3v) is 3.49. The summed E-state index contributed by atoms with van der Waals surface area (Å²) in [7, 11) is 3.13. The number of benzene rings is 2. The molecule has 2 aromatic carbocycles. The molecule has 0 bridgehead atoms. The van der Waals surface area contributed by atoms with E-state index in [0.717, 1.165) is 5.52 Å². The first-order valence-corrected chi connectivity index (χ1v) is 6.57. The maximum Gasteiger partial charge on any atom is 0.163 e. The number of nitrogens with zero attached hydrogens (tertiary/aromatic N) is 1. The van der Waals surface area contributed by atoms with E-state index in [1.807, 2.05) is 0 Å². The molecule has 1 aromatic heterocycles. The van der Waals surface area contributed by atoms with Gasteiger partial charge in [0.2, 0.25) is 0 Å². The van der Waals surface area contributed by atoms with Crippen molar-refractivity contribution in [2.24, 2.45) is 0 Å². The zero-order chi connectivity index (χ0) is 15.0. The highest BCUT2D eigenvalue weighted by atomic mass is 35.5. The smallest absolute Gasteiger partial charge is 0.163 e. The SMILES string of the molecule is COc1cc2nc(-c3ccc(Cl)c(F)c3)[nH]c2cc1OC. The van der Waals surface area contributed by atoms with Gasteiger partial charge in [-0.1, -0.05) is 11.6 Å². The topological polar surface area (TPSA) is 47.1 Å². The van der Waals surface area contributed by atoms with Gasteiger partial charge >= 0.3 is 0 Å². The molecular weight excluding hydrogens is 295 g/mol. The van der Waals surface area contributed by atoms with Crippen molar-refractivity contribution in [3.05, 3.63) is 41.2 Å². The Kier molecular flexibility index (Phi) is 3.43. The predicted molar refractivity (Wildman–Crippen MR) is 79.6 cm³/mol. The molecular formula is C15H12ClFN2O2. The Morgan fingerprint density at radius 2 is 1.81 bits per heavy atom. The minimum Gasteiger partial charge on any atom is -0.493 e. The van der Waals surface area contributed by atoms with Gasteiger partial charge < -0.3 is 14.5 Å². The highest BCUT2D eigenvalue weighted by molar-refractivity contribution is 6.30. The van der Waals surface area contributed by atoms with Crippen molar-refractivity contribution in [2.75, 3.05) is 14.2 Å². The Bertz CT molecular complexity index is 776. The first kappa shape index (κ1) is 13.7. The van der Waals surface area contributed by atoms with Gasteiger partial charge in [0.05, 0.1) is 30.3 Å². The van der Waals surface area contributed by atoms with E-state index in [-0.39, 0.29) is 5.02 Å². The van der Waals surface area contributed by atoms with Crippen LogP contribution in [0.5, 0.6) is 11.5 Å². The van der Waals surface area contributed by atoms with Crippen LogP contribution in [-0.4, -0.2) is 24.2 Å². The molecule has 0 spiro atoms. The van der Waals surface area contributed by atoms with Crippen LogP contribution < -0.4 is 9.47 Å². The van der Waals surface area contributed by atoms with Gasteiger partial charge in [0.1, 0.15) is 11.6 Å². The van der Waals surface area contributed by atoms with E-state index in [4.69, 9.17) is 21.1 Å². The van der Waals surface area contributed by atoms with Gasteiger partial charge in [-0.05, 0) is 18.2 Å². The number of hydrogen-bond donors (Lipinski definition) is 1. The molecule has 0 amide bonds. The van der Waals surface area contributed by atoms with Gasteiger partial charge in [-0.3, -0.25) is 0 Å². The van der Waals surface area contributed by atoms with Crippen molar-refractivity contribution in [3.8, 4) is 22.9 Å². The highest BCUT2D eigenvalue weighted by Crippen LogP contribution is 2.32. The van der Waals surface area contributed by atoms with Crippen molar-refractivity contribution in [3.63, 3.8) is 0 Å². The average Bonchev–Trinajstić information content (AvgIpc) is 2.91. The molecule has 0 aliphatic heterocycles. The van der Waals surface area contributed by atoms with E-state index in [0.29, 0.717) is 28.4 Å². The van der Waals surface area contributed by atoms with Crippen molar-refractivity contribution in [1.29, 1.82) is 0 Å². The summed E-state index contributed by atoms with van der Waals surface area (Å²) in [4.78, 5) is 7.57. The summed E-state index contributed by atoms with van der Waals surface area (Å²) in [6, 6.07) is 8.10. The molecule has 0 aliphatic carbocycles. The number of rotatable bonds is 3. The van der Waals surface area contributed by atoms with Crippen molar-refractivity contribution in [2.45, 2.75) is 0 Å². The van der Waals surface area contributed by atoms with Gasteiger partial charge in [-0.25, -0.2) is 9.37 Å². The molecule has 0 atom stereocenters. The first-order valence-electron chi connectivity index (χ1n) is 6.19. The largest absolute Gasteiger partial charge is 0.493 e. The average molecular weight is 307 g/mol. The molecule has 0 radical (unpaired) electrons. The van der Waals surface area contributed by atoms with E-state index in [1.54, 1.807) is 32.4 Å². The van der Waals surface area contributed by atoms with E-state index in [1.165, 1.54) is 12.1 Å². The molecule has 3 aromatic rings. The van der Waals surface area contributed by atoms with E-state index >= 15 is 0 Å². The predicted octanol–water partition coefficient (Wildman–Crippen LogP) is 4.04. The van der Waals surface area contributed by atoms with Crippen LogP contribution >= 0.6 is 11.6 Å². The molecule has 3 rings (SSSR count). The molecule has 6 heteroatoms. The molecule has 21 heavy (non-hydrogen) atoms. The lowest BCUT2D eigenvalue weighted by molar-refractivity contribution is 0.356. The van der Waals surface area contributed by atoms with Gasteiger partial charge in [0.25, 0.3) is 0 Å². The summed E-state index contributed by atoms with van der Waals surface area (Å²) < 4.78 is 24.0. The van der Waals surface area contributed by atoms with E-state index in [9.17, 15) is 4.39 Å². The van der Waals surface area contributed by atoms with Crippen LogP contribution in [0.15, 0.2) is 30.3 Å². The number of hydrogen-bond acceptors (Lipinski definition) is 3. The normalized spacial score (nSPS) is 10.9. The fraction of sp³-hybridized carbons (Fsp3) is 0.133. The van der Waals surface area contributed by atoms with Crippen LogP contribution in [0.3, 0.4) is 0 Å². The Morgan fingerprint density at radius 1 is 1.10 bits per heavy atom. The summed E-state index contributed by atoms with van der Waals surface area (Å²) in [6.07, 6.45) is 0. The molecule has 0 fully saturated rings. The Balaban J connectivity index is 2.14. The standard InChI is InChI=1S/C15H12ClFN2O2/c1-20-13-6-11-12(7-14(13)21-2)19-15(18-11)8-3-4-9(16)10(17)5-8/h3-7H,1-2H3,(H,18,19). The molecule has 0 saturated carbocycles. The molecule has 1 heterocycles. The molecule has 0 aliphatic rings. The second kappa shape index (κ2) is 5.26. The minimum absolute atomic E-state index is 0.0817. The second-order valence-electron chi connectivity index (χ2n) is 4.44. The second-order valence-corrected chi connectivity index (χ2v) is 4.85. The fourth-order valence-corrected chi connectivity index (χ4v) is 2.23. The Morgan fingerprint density at radius 3 is 2.48 bits per heavy atom. The summed E-state index contributed by atoms with van der Waals surface area (Å²) in [5, 5.41) is 0.0817. The minimum atomic E-state index is -0.482.